The van der Waals surface area contributed by atoms with Gasteiger partial charge in [-0.05, 0) is 38.0 Å². The Morgan fingerprint density at radius 2 is 1.35 bits per heavy atom. The molecule has 3 heteroatoms. The van der Waals surface area contributed by atoms with Gasteiger partial charge < -0.3 is 11.1 Å². The first-order chi connectivity index (χ1) is 12.6. The van der Waals surface area contributed by atoms with Crippen LogP contribution in [0.2, 0.25) is 0 Å². The van der Waals surface area contributed by atoms with Crippen molar-refractivity contribution in [1.82, 2.24) is 5.32 Å². The van der Waals surface area contributed by atoms with Crippen LogP contribution in [0.4, 0.5) is 0 Å². The summed E-state index contributed by atoms with van der Waals surface area (Å²) < 4.78 is 0. The third-order valence-corrected chi connectivity index (χ3v) is 5.07. The van der Waals surface area contributed by atoms with Crippen LogP contribution >= 0.6 is 0 Å². The molecule has 0 heterocycles. The van der Waals surface area contributed by atoms with Gasteiger partial charge >= 0.3 is 0 Å². The van der Waals surface area contributed by atoms with E-state index in [4.69, 9.17) is 5.73 Å². The van der Waals surface area contributed by atoms with Crippen LogP contribution in [0.5, 0.6) is 0 Å². The van der Waals surface area contributed by atoms with Crippen molar-refractivity contribution in [1.29, 1.82) is 0 Å². The highest BCUT2D eigenvalue weighted by atomic mass is 16.1. The van der Waals surface area contributed by atoms with E-state index in [0.717, 1.165) is 12.8 Å². The molecule has 0 aromatic rings. The van der Waals surface area contributed by atoms with Crippen LogP contribution in [0.25, 0.3) is 0 Å². The number of carbonyl (C=O) groups is 1. The van der Waals surface area contributed by atoms with Gasteiger partial charge in [-0.15, -0.1) is 0 Å². The van der Waals surface area contributed by atoms with Gasteiger partial charge in [-0.3, -0.25) is 4.79 Å². The van der Waals surface area contributed by atoms with Crippen molar-refractivity contribution < 1.29 is 4.79 Å². The maximum Gasteiger partial charge on any atom is 0.220 e. The number of nitrogens with one attached hydrogen (secondary N) is 1. The van der Waals surface area contributed by atoms with Crippen molar-refractivity contribution >= 4 is 5.91 Å². The second-order valence-corrected chi connectivity index (χ2v) is 7.99. The average molecular weight is 367 g/mol. The molecular formula is C23H46N2O. The molecule has 0 fully saturated rings. The minimum Gasteiger partial charge on any atom is -0.352 e. The van der Waals surface area contributed by atoms with Gasteiger partial charge in [0.2, 0.25) is 5.91 Å². The lowest BCUT2D eigenvalue weighted by molar-refractivity contribution is -0.122. The van der Waals surface area contributed by atoms with Gasteiger partial charge in [0.05, 0.1) is 0 Å². The molecule has 0 aromatic carbocycles. The van der Waals surface area contributed by atoms with E-state index in [9.17, 15) is 4.79 Å². The molecule has 3 N–H and O–H groups in total. The van der Waals surface area contributed by atoms with E-state index >= 15 is 0 Å². The number of rotatable bonds is 18. The van der Waals surface area contributed by atoms with Crippen LogP contribution in [0, 0.1) is 5.92 Å². The summed E-state index contributed by atoms with van der Waals surface area (Å²) in [6.07, 6.45) is 22.1. The first-order valence-corrected chi connectivity index (χ1v) is 11.3. The molecule has 1 amide bonds. The van der Waals surface area contributed by atoms with E-state index < -0.39 is 0 Å². The average Bonchev–Trinajstić information content (AvgIpc) is 2.62. The second-order valence-electron chi connectivity index (χ2n) is 7.99. The van der Waals surface area contributed by atoms with E-state index in [1.165, 1.54) is 70.6 Å². The van der Waals surface area contributed by atoms with Crippen molar-refractivity contribution in [2.75, 3.05) is 6.54 Å². The highest BCUT2D eigenvalue weighted by Gasteiger charge is 2.13. The Labute approximate surface area is 163 Å². The fraction of sp³-hybridized carbons (Fsp3) is 0.870. The second kappa shape index (κ2) is 18.9. The van der Waals surface area contributed by atoms with Crippen LogP contribution in [0.1, 0.15) is 111 Å². The number of hydrogen-bond acceptors (Lipinski definition) is 2. The normalized spacial score (nSPS) is 12.8. The fourth-order valence-electron chi connectivity index (χ4n) is 3.13. The molecule has 0 bridgehead atoms. The SMILES string of the molecule is CCCCCCCC/C=C\CCCCCCCC(=O)N[C@H](CN)C(C)C. The monoisotopic (exact) mass is 366 g/mol. The van der Waals surface area contributed by atoms with Crippen molar-refractivity contribution in [3.63, 3.8) is 0 Å². The van der Waals surface area contributed by atoms with Crippen LogP contribution in [0.3, 0.4) is 0 Å². The van der Waals surface area contributed by atoms with Gasteiger partial charge in [0.1, 0.15) is 0 Å². The smallest absolute Gasteiger partial charge is 0.220 e. The van der Waals surface area contributed by atoms with Gasteiger partial charge in [0.15, 0.2) is 0 Å². The quantitative estimate of drug-likeness (QED) is 0.227. The molecule has 0 spiro atoms. The summed E-state index contributed by atoms with van der Waals surface area (Å²) in [6.45, 7) is 6.99. The Kier molecular flexibility index (Phi) is 18.3. The summed E-state index contributed by atoms with van der Waals surface area (Å²) in [7, 11) is 0. The van der Waals surface area contributed by atoms with Crippen LogP contribution in [0.15, 0.2) is 12.2 Å². The Balaban J connectivity index is 3.35. The predicted molar refractivity (Wildman–Crippen MR) is 115 cm³/mol. The molecule has 0 unspecified atom stereocenters. The lowest BCUT2D eigenvalue weighted by atomic mass is 10.0. The Morgan fingerprint density at radius 3 is 1.85 bits per heavy atom. The third kappa shape index (κ3) is 16.6. The molecule has 0 aromatic heterocycles. The van der Waals surface area contributed by atoms with Crippen LogP contribution in [-0.4, -0.2) is 18.5 Å². The van der Waals surface area contributed by atoms with Crippen molar-refractivity contribution in [3.05, 3.63) is 12.2 Å². The van der Waals surface area contributed by atoms with E-state index in [1.807, 2.05) is 0 Å². The summed E-state index contributed by atoms with van der Waals surface area (Å²) in [5.41, 5.74) is 5.69. The van der Waals surface area contributed by atoms with Crippen molar-refractivity contribution in [2.45, 2.75) is 117 Å². The Morgan fingerprint density at radius 1 is 0.846 bits per heavy atom. The maximum atomic E-state index is 11.9. The number of allylic oxidation sites excluding steroid dienone is 2. The molecular weight excluding hydrogens is 320 g/mol. The number of carbonyl (C=O) groups excluding carboxylic acids is 1. The number of unbranched alkanes of at least 4 members (excludes halogenated alkanes) is 11. The first-order valence-electron chi connectivity index (χ1n) is 11.3. The van der Waals surface area contributed by atoms with Gasteiger partial charge in [0.25, 0.3) is 0 Å². The molecule has 0 aliphatic rings. The summed E-state index contributed by atoms with van der Waals surface area (Å²) in [5, 5.41) is 3.04. The van der Waals surface area contributed by atoms with Gasteiger partial charge in [-0.25, -0.2) is 0 Å². The molecule has 0 rings (SSSR count). The highest BCUT2D eigenvalue weighted by Crippen LogP contribution is 2.10. The van der Waals surface area contributed by atoms with Crippen LogP contribution < -0.4 is 11.1 Å². The molecule has 0 aliphatic heterocycles. The minimum absolute atomic E-state index is 0.116. The lowest BCUT2D eigenvalue weighted by Gasteiger charge is -2.20. The fourth-order valence-corrected chi connectivity index (χ4v) is 3.13. The summed E-state index contributed by atoms with van der Waals surface area (Å²) >= 11 is 0. The molecule has 154 valence electrons. The number of amides is 1. The summed E-state index contributed by atoms with van der Waals surface area (Å²) in [4.78, 5) is 11.9. The van der Waals surface area contributed by atoms with Gasteiger partial charge in [-0.2, -0.15) is 0 Å². The van der Waals surface area contributed by atoms with Gasteiger partial charge in [0, 0.05) is 19.0 Å². The van der Waals surface area contributed by atoms with E-state index in [1.54, 1.807) is 0 Å². The Hall–Kier alpha value is -0.830. The topological polar surface area (TPSA) is 55.1 Å². The van der Waals surface area contributed by atoms with E-state index in [0.29, 0.717) is 18.9 Å². The minimum atomic E-state index is 0.116. The third-order valence-electron chi connectivity index (χ3n) is 5.07. The van der Waals surface area contributed by atoms with Crippen molar-refractivity contribution in [2.24, 2.45) is 11.7 Å². The van der Waals surface area contributed by atoms with Gasteiger partial charge in [-0.1, -0.05) is 84.3 Å². The highest BCUT2D eigenvalue weighted by molar-refractivity contribution is 5.76. The number of hydrogen-bond donors (Lipinski definition) is 2. The molecule has 0 saturated heterocycles. The zero-order valence-electron chi connectivity index (χ0n) is 17.9. The van der Waals surface area contributed by atoms with Crippen LogP contribution in [-0.2, 0) is 4.79 Å². The van der Waals surface area contributed by atoms with Crippen molar-refractivity contribution in [3.8, 4) is 0 Å². The predicted octanol–water partition coefficient (Wildman–Crippen LogP) is 6.12. The molecule has 3 nitrogen and oxygen atoms in total. The lowest BCUT2D eigenvalue weighted by Crippen LogP contribution is -2.43. The molecule has 0 aliphatic carbocycles. The Bertz CT molecular complexity index is 339. The van der Waals surface area contributed by atoms with E-state index in [2.05, 4.69) is 38.2 Å². The maximum absolute atomic E-state index is 11.9. The zero-order valence-corrected chi connectivity index (χ0v) is 17.9. The zero-order chi connectivity index (χ0) is 19.5. The largest absolute Gasteiger partial charge is 0.352 e. The summed E-state index contributed by atoms with van der Waals surface area (Å²) in [5.74, 6) is 0.560. The molecule has 0 radical (unpaired) electrons. The summed E-state index contributed by atoms with van der Waals surface area (Å²) in [6, 6.07) is 0.116. The first kappa shape index (κ1) is 25.2. The van der Waals surface area contributed by atoms with E-state index in [-0.39, 0.29) is 11.9 Å². The molecule has 0 saturated carbocycles. The molecule has 26 heavy (non-hydrogen) atoms. The molecule has 1 atom stereocenters. The standard InChI is InChI=1S/C23H46N2O/c1-4-5-6-7-8-9-10-11-12-13-14-15-16-17-18-19-23(26)25-22(20-24)21(2)3/h11-12,21-22H,4-10,13-20,24H2,1-3H3,(H,25,26)/b12-11-/t22-/m1/s1. The number of nitrogens with two attached hydrogens (primary N) is 1.